The van der Waals surface area contributed by atoms with Crippen molar-refractivity contribution in [1.82, 2.24) is 14.9 Å². The van der Waals surface area contributed by atoms with Crippen molar-refractivity contribution in [3.8, 4) is 5.75 Å². The van der Waals surface area contributed by atoms with Crippen molar-refractivity contribution in [3.63, 3.8) is 0 Å². The highest BCUT2D eigenvalue weighted by Crippen LogP contribution is 2.34. The maximum absolute atomic E-state index is 12.9. The summed E-state index contributed by atoms with van der Waals surface area (Å²) >= 11 is 0. The Morgan fingerprint density at radius 1 is 1.22 bits per heavy atom. The Kier molecular flexibility index (Phi) is 6.69. The van der Waals surface area contributed by atoms with Crippen molar-refractivity contribution in [2.24, 2.45) is 0 Å². The predicted octanol–water partition coefficient (Wildman–Crippen LogP) is 2.63. The molecule has 2 aliphatic heterocycles. The Morgan fingerprint density at radius 3 is 2.81 bits per heavy atom. The summed E-state index contributed by atoms with van der Waals surface area (Å²) in [5.74, 6) is 2.32. The van der Waals surface area contributed by atoms with Gasteiger partial charge >= 0.3 is 0 Å². The van der Waals surface area contributed by atoms with E-state index in [2.05, 4.69) is 0 Å². The maximum atomic E-state index is 12.9. The zero-order valence-corrected chi connectivity index (χ0v) is 19.0. The molecule has 2 aliphatic rings. The highest BCUT2D eigenvalue weighted by molar-refractivity contribution is 6.00. The van der Waals surface area contributed by atoms with Gasteiger partial charge in [-0.3, -0.25) is 14.5 Å². The minimum atomic E-state index is 0.0143. The van der Waals surface area contributed by atoms with Crippen LogP contribution in [0.4, 0.5) is 5.82 Å². The first-order valence-corrected chi connectivity index (χ1v) is 11.1. The zero-order valence-electron chi connectivity index (χ0n) is 19.0. The number of nitrogens with zero attached hydrogens (tertiary/aromatic N) is 4. The van der Waals surface area contributed by atoms with Crippen molar-refractivity contribution in [2.45, 2.75) is 45.1 Å². The molecule has 1 aromatic carbocycles. The summed E-state index contributed by atoms with van der Waals surface area (Å²) < 4.78 is 10.5. The summed E-state index contributed by atoms with van der Waals surface area (Å²) in [5.41, 5.74) is 2.66. The normalized spacial score (nSPS) is 18.1. The second kappa shape index (κ2) is 9.65. The van der Waals surface area contributed by atoms with E-state index in [0.717, 1.165) is 42.0 Å². The van der Waals surface area contributed by atoms with Crippen molar-refractivity contribution >= 4 is 17.6 Å². The molecule has 1 fully saturated rings. The molecule has 0 radical (unpaired) electrons. The first-order chi connectivity index (χ1) is 15.5. The first-order valence-electron chi connectivity index (χ1n) is 11.1. The SMILES string of the molecule is COCCC(=O)N1CCC[C@@H](c2nc(C)c3c(n2)N(Cc2ccccc2OC)C(=O)C3)C1. The minimum absolute atomic E-state index is 0.0143. The molecule has 3 heterocycles. The van der Waals surface area contributed by atoms with Gasteiger partial charge in [-0.25, -0.2) is 9.97 Å². The van der Waals surface area contributed by atoms with Gasteiger partial charge in [0.2, 0.25) is 11.8 Å². The smallest absolute Gasteiger partial charge is 0.233 e. The number of ether oxygens (including phenoxy) is 2. The number of rotatable bonds is 7. The van der Waals surface area contributed by atoms with Crippen LogP contribution < -0.4 is 9.64 Å². The summed E-state index contributed by atoms with van der Waals surface area (Å²) in [4.78, 5) is 38.6. The van der Waals surface area contributed by atoms with E-state index >= 15 is 0 Å². The average molecular weight is 439 g/mol. The molecule has 8 nitrogen and oxygen atoms in total. The molecule has 1 atom stereocenters. The Labute approximate surface area is 188 Å². The number of aryl methyl sites for hydroxylation is 1. The van der Waals surface area contributed by atoms with Crippen LogP contribution >= 0.6 is 0 Å². The average Bonchev–Trinajstić information content (AvgIpc) is 3.13. The second-order valence-electron chi connectivity index (χ2n) is 8.36. The first kappa shape index (κ1) is 22.2. The van der Waals surface area contributed by atoms with Crippen LogP contribution in [-0.4, -0.2) is 60.6 Å². The van der Waals surface area contributed by atoms with Crippen LogP contribution in [0.3, 0.4) is 0 Å². The number of fused-ring (bicyclic) bond motifs is 1. The lowest BCUT2D eigenvalue weighted by Gasteiger charge is -2.32. The second-order valence-corrected chi connectivity index (χ2v) is 8.36. The quantitative estimate of drug-likeness (QED) is 0.661. The van der Waals surface area contributed by atoms with Crippen LogP contribution in [0.15, 0.2) is 24.3 Å². The van der Waals surface area contributed by atoms with Gasteiger partial charge < -0.3 is 14.4 Å². The minimum Gasteiger partial charge on any atom is -0.496 e. The molecule has 32 heavy (non-hydrogen) atoms. The molecule has 170 valence electrons. The number of amides is 2. The number of hydrogen-bond donors (Lipinski definition) is 0. The fraction of sp³-hybridized carbons (Fsp3) is 0.500. The summed E-state index contributed by atoms with van der Waals surface area (Å²) in [6, 6.07) is 7.71. The summed E-state index contributed by atoms with van der Waals surface area (Å²) in [5, 5.41) is 0. The number of hydrogen-bond acceptors (Lipinski definition) is 6. The van der Waals surface area contributed by atoms with E-state index in [4.69, 9.17) is 19.4 Å². The van der Waals surface area contributed by atoms with E-state index in [9.17, 15) is 9.59 Å². The number of carbonyl (C=O) groups is 2. The summed E-state index contributed by atoms with van der Waals surface area (Å²) in [6.07, 6.45) is 2.52. The number of aromatic nitrogens is 2. The summed E-state index contributed by atoms with van der Waals surface area (Å²) in [6.45, 7) is 4.11. The number of methoxy groups -OCH3 is 2. The van der Waals surface area contributed by atoms with Gasteiger partial charge in [0.05, 0.1) is 33.1 Å². The molecule has 0 unspecified atom stereocenters. The van der Waals surface area contributed by atoms with Gasteiger partial charge in [0, 0.05) is 42.9 Å². The van der Waals surface area contributed by atoms with Crippen LogP contribution in [0.2, 0.25) is 0 Å². The zero-order chi connectivity index (χ0) is 22.7. The molecule has 0 saturated carbocycles. The highest BCUT2D eigenvalue weighted by atomic mass is 16.5. The number of piperidine rings is 1. The number of likely N-dealkylation sites (tertiary alicyclic amines) is 1. The lowest BCUT2D eigenvalue weighted by molar-refractivity contribution is -0.133. The fourth-order valence-electron chi connectivity index (χ4n) is 4.51. The lowest BCUT2D eigenvalue weighted by atomic mass is 9.96. The van der Waals surface area contributed by atoms with Gasteiger partial charge in [0.1, 0.15) is 17.4 Å². The van der Waals surface area contributed by atoms with Gasteiger partial charge in [0.15, 0.2) is 0 Å². The Balaban J connectivity index is 1.59. The third-order valence-corrected chi connectivity index (χ3v) is 6.27. The topological polar surface area (TPSA) is 84.9 Å². The third-order valence-electron chi connectivity index (χ3n) is 6.27. The fourth-order valence-corrected chi connectivity index (χ4v) is 4.51. The van der Waals surface area contributed by atoms with Gasteiger partial charge in [-0.15, -0.1) is 0 Å². The highest BCUT2D eigenvalue weighted by Gasteiger charge is 2.34. The molecule has 0 spiro atoms. The van der Waals surface area contributed by atoms with Gasteiger partial charge in [-0.2, -0.15) is 0 Å². The lowest BCUT2D eigenvalue weighted by Crippen LogP contribution is -2.40. The van der Waals surface area contributed by atoms with Crippen LogP contribution in [0.5, 0.6) is 5.75 Å². The number of para-hydroxylation sites is 1. The number of carbonyl (C=O) groups excluding carboxylic acids is 2. The Morgan fingerprint density at radius 2 is 2.03 bits per heavy atom. The van der Waals surface area contributed by atoms with Crippen LogP contribution in [-0.2, 0) is 27.3 Å². The Hall–Kier alpha value is -3.00. The van der Waals surface area contributed by atoms with E-state index in [1.54, 1.807) is 19.1 Å². The molecular weight excluding hydrogens is 408 g/mol. The summed E-state index contributed by atoms with van der Waals surface area (Å²) in [7, 11) is 3.23. The maximum Gasteiger partial charge on any atom is 0.233 e. The molecule has 0 N–H and O–H groups in total. The molecule has 0 bridgehead atoms. The predicted molar refractivity (Wildman–Crippen MR) is 120 cm³/mol. The monoisotopic (exact) mass is 438 g/mol. The molecule has 1 aromatic heterocycles. The third kappa shape index (κ3) is 4.46. The number of anilines is 1. The van der Waals surface area contributed by atoms with Gasteiger partial charge in [0.25, 0.3) is 0 Å². The van der Waals surface area contributed by atoms with E-state index in [0.29, 0.717) is 44.2 Å². The van der Waals surface area contributed by atoms with Crippen molar-refractivity contribution in [1.29, 1.82) is 0 Å². The van der Waals surface area contributed by atoms with E-state index in [1.165, 1.54) is 0 Å². The van der Waals surface area contributed by atoms with E-state index in [-0.39, 0.29) is 17.7 Å². The standard InChI is InChI=1S/C24H30N4O4/c1-16-19-13-22(30)28(15-17-7-4-5-9-20(17)32-3)24(19)26-23(25-16)18-8-6-11-27(14-18)21(29)10-12-31-2/h4-5,7,9,18H,6,8,10-15H2,1-3H3/t18-/m1/s1. The van der Waals surface area contributed by atoms with Crippen LogP contribution in [0.1, 0.15) is 47.8 Å². The van der Waals surface area contributed by atoms with Crippen LogP contribution in [0, 0.1) is 6.92 Å². The molecule has 1 saturated heterocycles. The van der Waals surface area contributed by atoms with E-state index < -0.39 is 0 Å². The molecule has 2 aromatic rings. The van der Waals surface area contributed by atoms with Crippen molar-refractivity contribution in [3.05, 3.63) is 46.9 Å². The van der Waals surface area contributed by atoms with Gasteiger partial charge in [-0.1, -0.05) is 18.2 Å². The largest absolute Gasteiger partial charge is 0.496 e. The van der Waals surface area contributed by atoms with Crippen molar-refractivity contribution in [2.75, 3.05) is 38.8 Å². The molecular formula is C24H30N4O4. The molecule has 4 rings (SSSR count). The van der Waals surface area contributed by atoms with Gasteiger partial charge in [-0.05, 0) is 25.8 Å². The Bertz CT molecular complexity index is 1010. The number of benzene rings is 1. The van der Waals surface area contributed by atoms with E-state index in [1.807, 2.05) is 36.1 Å². The molecule has 0 aliphatic carbocycles. The van der Waals surface area contributed by atoms with Crippen molar-refractivity contribution < 1.29 is 19.1 Å². The van der Waals surface area contributed by atoms with Crippen LogP contribution in [0.25, 0.3) is 0 Å². The molecule has 2 amide bonds. The molecule has 8 heteroatoms.